The van der Waals surface area contributed by atoms with Crippen molar-refractivity contribution in [1.29, 1.82) is 0 Å². The van der Waals surface area contributed by atoms with Gasteiger partial charge < -0.3 is 10.1 Å². The second-order valence-electron chi connectivity index (χ2n) is 5.34. The molecule has 0 spiro atoms. The van der Waals surface area contributed by atoms with E-state index in [2.05, 4.69) is 91.3 Å². The number of fused-ring (bicyclic) bond motifs is 1. The minimum atomic E-state index is -0.277. The molecule has 0 aliphatic rings. The highest BCUT2D eigenvalue weighted by molar-refractivity contribution is 14.1. The largest absolute Gasteiger partial charge is 0.460 e. The Kier molecular flexibility index (Phi) is 6.78. The molecule has 0 saturated carbocycles. The molecule has 3 rings (SSSR count). The summed E-state index contributed by atoms with van der Waals surface area (Å²) < 4.78 is 8.47. The number of carbonyl (C=O) groups is 1. The number of halogens is 3. The Hall–Kier alpha value is -0.620. The van der Waals surface area contributed by atoms with Crippen LogP contribution in [0, 0.1) is 10.7 Å². The predicted octanol–water partition coefficient (Wildman–Crippen LogP) is 5.92. The number of hydrogen-bond acceptors (Lipinski definition) is 3. The average Bonchev–Trinajstić information content (AvgIpc) is 2.61. The standard InChI is InChI=1S/C19H14I3NO2/c20-13-10-15(18(22)16(21)11-13)19(24)25-9-8-23-17-7-3-5-12-4-1-2-6-14(12)17/h1-7,10-11,23H,8-9H2. The Morgan fingerprint density at radius 3 is 2.60 bits per heavy atom. The van der Waals surface area contributed by atoms with Gasteiger partial charge in [0.1, 0.15) is 6.61 Å². The number of ether oxygens (including phenoxy) is 1. The summed E-state index contributed by atoms with van der Waals surface area (Å²) in [5, 5.41) is 5.70. The van der Waals surface area contributed by atoms with Crippen molar-refractivity contribution in [3.63, 3.8) is 0 Å². The zero-order valence-electron chi connectivity index (χ0n) is 13.1. The predicted molar refractivity (Wildman–Crippen MR) is 127 cm³/mol. The van der Waals surface area contributed by atoms with Crippen molar-refractivity contribution in [1.82, 2.24) is 0 Å². The highest BCUT2D eigenvalue weighted by Crippen LogP contribution is 2.24. The van der Waals surface area contributed by atoms with Gasteiger partial charge in [-0.25, -0.2) is 4.79 Å². The molecule has 25 heavy (non-hydrogen) atoms. The second kappa shape index (κ2) is 8.85. The van der Waals surface area contributed by atoms with Crippen LogP contribution < -0.4 is 5.32 Å². The molecule has 0 aliphatic heterocycles. The number of benzene rings is 3. The van der Waals surface area contributed by atoms with Crippen molar-refractivity contribution in [2.24, 2.45) is 0 Å². The molecule has 0 radical (unpaired) electrons. The van der Waals surface area contributed by atoms with Crippen molar-refractivity contribution >= 4 is 90.2 Å². The van der Waals surface area contributed by atoms with Crippen molar-refractivity contribution in [2.75, 3.05) is 18.5 Å². The minimum absolute atomic E-state index is 0.277. The number of rotatable bonds is 5. The molecule has 3 aromatic carbocycles. The molecule has 0 unspecified atom stereocenters. The van der Waals surface area contributed by atoms with Crippen LogP contribution >= 0.6 is 67.8 Å². The minimum Gasteiger partial charge on any atom is -0.460 e. The van der Waals surface area contributed by atoms with Crippen molar-refractivity contribution in [3.8, 4) is 0 Å². The Labute approximate surface area is 187 Å². The van der Waals surface area contributed by atoms with Gasteiger partial charge in [-0.05, 0) is 91.4 Å². The van der Waals surface area contributed by atoms with Crippen LogP contribution in [0.1, 0.15) is 10.4 Å². The van der Waals surface area contributed by atoms with E-state index in [1.165, 1.54) is 5.39 Å². The number of anilines is 1. The highest BCUT2D eigenvalue weighted by atomic mass is 127. The molecule has 128 valence electrons. The monoisotopic (exact) mass is 669 g/mol. The number of carbonyl (C=O) groups excluding carboxylic acids is 1. The summed E-state index contributed by atoms with van der Waals surface area (Å²) >= 11 is 6.64. The van der Waals surface area contributed by atoms with Gasteiger partial charge in [0.15, 0.2) is 0 Å². The topological polar surface area (TPSA) is 38.3 Å². The first-order chi connectivity index (χ1) is 12.1. The van der Waals surface area contributed by atoms with Gasteiger partial charge >= 0.3 is 5.97 Å². The number of hydrogen-bond donors (Lipinski definition) is 1. The lowest BCUT2D eigenvalue weighted by molar-refractivity contribution is 0.0519. The highest BCUT2D eigenvalue weighted by Gasteiger charge is 2.14. The summed E-state index contributed by atoms with van der Waals surface area (Å²) in [7, 11) is 0. The van der Waals surface area contributed by atoms with Gasteiger partial charge in [0.25, 0.3) is 0 Å². The first-order valence-electron chi connectivity index (χ1n) is 7.59. The van der Waals surface area contributed by atoms with E-state index >= 15 is 0 Å². The molecule has 0 atom stereocenters. The zero-order valence-corrected chi connectivity index (χ0v) is 19.5. The number of nitrogens with one attached hydrogen (secondary N) is 1. The maximum atomic E-state index is 12.3. The van der Waals surface area contributed by atoms with Crippen LogP contribution in [0.15, 0.2) is 54.6 Å². The van der Waals surface area contributed by atoms with E-state index in [0.717, 1.165) is 21.8 Å². The molecule has 3 aromatic rings. The lowest BCUT2D eigenvalue weighted by atomic mass is 10.1. The van der Waals surface area contributed by atoms with Crippen molar-refractivity contribution in [2.45, 2.75) is 0 Å². The third kappa shape index (κ3) is 4.76. The third-order valence-electron chi connectivity index (χ3n) is 3.65. The summed E-state index contributed by atoms with van der Waals surface area (Å²) in [5.41, 5.74) is 1.68. The molecule has 0 aliphatic carbocycles. The molecule has 0 aromatic heterocycles. The summed E-state index contributed by atoms with van der Waals surface area (Å²) in [6.45, 7) is 0.886. The van der Waals surface area contributed by atoms with E-state index in [1.807, 2.05) is 36.4 Å². The number of esters is 1. The van der Waals surface area contributed by atoms with Crippen molar-refractivity contribution in [3.05, 3.63) is 70.9 Å². The van der Waals surface area contributed by atoms with Crippen LogP contribution in [0.4, 0.5) is 5.69 Å². The lowest BCUT2D eigenvalue weighted by Gasteiger charge is -2.11. The molecule has 0 heterocycles. The van der Waals surface area contributed by atoms with Crippen molar-refractivity contribution < 1.29 is 9.53 Å². The fourth-order valence-corrected chi connectivity index (χ4v) is 4.87. The lowest BCUT2D eigenvalue weighted by Crippen LogP contribution is -2.15. The zero-order chi connectivity index (χ0) is 17.8. The van der Waals surface area contributed by atoms with Crippen LogP contribution in [0.5, 0.6) is 0 Å². The van der Waals surface area contributed by atoms with Crippen LogP contribution in [-0.2, 0) is 4.74 Å². The van der Waals surface area contributed by atoms with Gasteiger partial charge in [-0.15, -0.1) is 0 Å². The average molecular weight is 669 g/mol. The quantitative estimate of drug-likeness (QED) is 0.159. The smallest absolute Gasteiger partial charge is 0.339 e. The van der Waals surface area contributed by atoms with Gasteiger partial charge in [0.05, 0.1) is 5.56 Å². The van der Waals surface area contributed by atoms with E-state index in [0.29, 0.717) is 18.7 Å². The van der Waals surface area contributed by atoms with Gasteiger partial charge in [-0.1, -0.05) is 36.4 Å². The maximum Gasteiger partial charge on any atom is 0.339 e. The Balaban J connectivity index is 1.61. The summed E-state index contributed by atoms with van der Waals surface area (Å²) in [4.78, 5) is 12.3. The molecule has 1 N–H and O–H groups in total. The van der Waals surface area contributed by atoms with E-state index in [1.54, 1.807) is 0 Å². The van der Waals surface area contributed by atoms with Crippen LogP contribution in [0.3, 0.4) is 0 Å². The molecule has 0 saturated heterocycles. The fraction of sp³-hybridized carbons (Fsp3) is 0.105. The van der Waals surface area contributed by atoms with Gasteiger partial charge in [-0.2, -0.15) is 0 Å². The van der Waals surface area contributed by atoms with Gasteiger partial charge in [0, 0.05) is 28.3 Å². The molecule has 3 nitrogen and oxygen atoms in total. The van der Waals surface area contributed by atoms with Gasteiger partial charge in [-0.3, -0.25) is 0 Å². The van der Waals surface area contributed by atoms with E-state index < -0.39 is 0 Å². The summed E-state index contributed by atoms with van der Waals surface area (Å²) in [5.74, 6) is -0.277. The molecular formula is C19H14I3NO2. The molecule has 0 fully saturated rings. The first-order valence-corrected chi connectivity index (χ1v) is 10.8. The van der Waals surface area contributed by atoms with E-state index in [-0.39, 0.29) is 5.97 Å². The molecule has 6 heteroatoms. The summed E-state index contributed by atoms with van der Waals surface area (Å²) in [6, 6.07) is 18.3. The fourth-order valence-electron chi connectivity index (χ4n) is 2.49. The summed E-state index contributed by atoms with van der Waals surface area (Å²) in [6.07, 6.45) is 0. The second-order valence-corrected chi connectivity index (χ2v) is 8.83. The van der Waals surface area contributed by atoms with Crippen LogP contribution in [-0.4, -0.2) is 19.1 Å². The molecular weight excluding hydrogens is 655 g/mol. The van der Waals surface area contributed by atoms with E-state index in [4.69, 9.17) is 4.74 Å². The third-order valence-corrected chi connectivity index (χ3v) is 7.32. The van der Waals surface area contributed by atoms with Crippen LogP contribution in [0.25, 0.3) is 10.8 Å². The first kappa shape index (κ1) is 19.2. The molecule has 0 amide bonds. The Morgan fingerprint density at radius 1 is 1.00 bits per heavy atom. The SMILES string of the molecule is O=C(OCCNc1cccc2ccccc12)c1cc(I)cc(I)c1I. The van der Waals surface area contributed by atoms with Crippen LogP contribution in [0.2, 0.25) is 0 Å². The van der Waals surface area contributed by atoms with Gasteiger partial charge in [0.2, 0.25) is 0 Å². The van der Waals surface area contributed by atoms with E-state index in [9.17, 15) is 4.79 Å². The maximum absolute atomic E-state index is 12.3. The molecule has 0 bridgehead atoms. The Morgan fingerprint density at radius 2 is 1.76 bits per heavy atom. The Bertz CT molecular complexity index is 922. The normalized spacial score (nSPS) is 10.7.